The first-order valence-electron chi connectivity index (χ1n) is 6.85. The first-order chi connectivity index (χ1) is 8.21. The van der Waals surface area contributed by atoms with Crippen LogP contribution >= 0.6 is 0 Å². The molecule has 0 spiro atoms. The van der Waals surface area contributed by atoms with Crippen molar-refractivity contribution in [2.75, 3.05) is 13.2 Å². The molecule has 0 bridgehead atoms. The molecule has 1 aliphatic heterocycles. The molecule has 1 saturated heterocycles. The molecular formula is C13H26N2O2. The Kier molecular flexibility index (Phi) is 6.52. The number of aliphatic hydroxyl groups is 1. The first kappa shape index (κ1) is 14.5. The van der Waals surface area contributed by atoms with E-state index in [1.165, 1.54) is 6.42 Å². The second-order valence-corrected chi connectivity index (χ2v) is 4.93. The number of hydrogen-bond acceptors (Lipinski definition) is 3. The van der Waals surface area contributed by atoms with Gasteiger partial charge in [0.2, 0.25) is 5.91 Å². The Hall–Kier alpha value is -0.610. The van der Waals surface area contributed by atoms with Gasteiger partial charge in [-0.15, -0.1) is 0 Å². The molecule has 3 unspecified atom stereocenters. The Morgan fingerprint density at radius 2 is 2.29 bits per heavy atom. The summed E-state index contributed by atoms with van der Waals surface area (Å²) in [6.07, 6.45) is 4.79. The van der Waals surface area contributed by atoms with Crippen molar-refractivity contribution in [3.63, 3.8) is 0 Å². The van der Waals surface area contributed by atoms with E-state index in [0.29, 0.717) is 12.3 Å². The smallest absolute Gasteiger partial charge is 0.237 e. The molecule has 3 atom stereocenters. The van der Waals surface area contributed by atoms with E-state index in [0.717, 1.165) is 25.8 Å². The van der Waals surface area contributed by atoms with E-state index in [-0.39, 0.29) is 24.6 Å². The van der Waals surface area contributed by atoms with Gasteiger partial charge in [-0.3, -0.25) is 4.79 Å². The lowest BCUT2D eigenvalue weighted by Crippen LogP contribution is -2.51. The zero-order valence-electron chi connectivity index (χ0n) is 11.0. The van der Waals surface area contributed by atoms with Gasteiger partial charge in [-0.05, 0) is 38.1 Å². The predicted octanol–water partition coefficient (Wildman–Crippen LogP) is 1.04. The van der Waals surface area contributed by atoms with Crippen LogP contribution in [0.2, 0.25) is 0 Å². The van der Waals surface area contributed by atoms with Crippen molar-refractivity contribution in [2.45, 2.75) is 58.0 Å². The van der Waals surface area contributed by atoms with Gasteiger partial charge < -0.3 is 15.7 Å². The normalized spacial score (nSPS) is 26.5. The van der Waals surface area contributed by atoms with E-state index in [1.54, 1.807) is 0 Å². The standard InChI is InChI=1S/C13H26N2O2/c1-3-10-5-7-14-12(9-10)13(17)15-11(4-2)6-8-16/h10-12,14,16H,3-9H2,1-2H3,(H,15,17). The van der Waals surface area contributed by atoms with Crippen molar-refractivity contribution in [1.82, 2.24) is 10.6 Å². The lowest BCUT2D eigenvalue weighted by atomic mass is 9.90. The highest BCUT2D eigenvalue weighted by Gasteiger charge is 2.26. The molecule has 17 heavy (non-hydrogen) atoms. The SMILES string of the molecule is CCC1CCNC(C(=O)NC(CC)CCO)C1. The Bertz CT molecular complexity index is 233. The highest BCUT2D eigenvalue weighted by molar-refractivity contribution is 5.82. The number of carbonyl (C=O) groups is 1. The molecule has 4 nitrogen and oxygen atoms in total. The number of amides is 1. The fraction of sp³-hybridized carbons (Fsp3) is 0.923. The van der Waals surface area contributed by atoms with Gasteiger partial charge in [0.25, 0.3) is 0 Å². The summed E-state index contributed by atoms with van der Waals surface area (Å²) < 4.78 is 0. The van der Waals surface area contributed by atoms with E-state index < -0.39 is 0 Å². The van der Waals surface area contributed by atoms with Crippen LogP contribution in [0.25, 0.3) is 0 Å². The molecule has 1 heterocycles. The fourth-order valence-corrected chi connectivity index (χ4v) is 2.40. The lowest BCUT2D eigenvalue weighted by Gasteiger charge is -2.30. The number of carbonyl (C=O) groups excluding carboxylic acids is 1. The summed E-state index contributed by atoms with van der Waals surface area (Å²) in [5.74, 6) is 0.772. The van der Waals surface area contributed by atoms with Crippen molar-refractivity contribution in [3.8, 4) is 0 Å². The minimum atomic E-state index is -0.0403. The van der Waals surface area contributed by atoms with Gasteiger partial charge in [0, 0.05) is 12.6 Å². The number of piperidine rings is 1. The van der Waals surface area contributed by atoms with Gasteiger partial charge in [0.05, 0.1) is 6.04 Å². The maximum Gasteiger partial charge on any atom is 0.237 e. The van der Waals surface area contributed by atoms with Gasteiger partial charge in [-0.25, -0.2) is 0 Å². The molecule has 1 aliphatic rings. The van der Waals surface area contributed by atoms with Gasteiger partial charge in [0.1, 0.15) is 0 Å². The molecule has 0 saturated carbocycles. The summed E-state index contributed by atoms with van der Waals surface area (Å²) in [6, 6.07) is 0.0674. The van der Waals surface area contributed by atoms with Crippen molar-refractivity contribution < 1.29 is 9.90 Å². The highest BCUT2D eigenvalue weighted by Crippen LogP contribution is 2.19. The summed E-state index contributed by atoms with van der Waals surface area (Å²) in [6.45, 7) is 5.29. The van der Waals surface area contributed by atoms with Crippen LogP contribution < -0.4 is 10.6 Å². The van der Waals surface area contributed by atoms with Gasteiger partial charge in [0.15, 0.2) is 0 Å². The average Bonchev–Trinajstić information content (AvgIpc) is 2.38. The minimum absolute atomic E-state index is 0.0403. The van der Waals surface area contributed by atoms with E-state index in [1.807, 2.05) is 6.92 Å². The van der Waals surface area contributed by atoms with Crippen LogP contribution in [0, 0.1) is 5.92 Å². The van der Waals surface area contributed by atoms with Gasteiger partial charge in [-0.2, -0.15) is 0 Å². The zero-order valence-corrected chi connectivity index (χ0v) is 11.0. The monoisotopic (exact) mass is 242 g/mol. The van der Waals surface area contributed by atoms with Crippen molar-refractivity contribution in [1.29, 1.82) is 0 Å². The van der Waals surface area contributed by atoms with E-state index >= 15 is 0 Å². The molecule has 1 fully saturated rings. The van der Waals surface area contributed by atoms with Crippen LogP contribution in [0.3, 0.4) is 0 Å². The Balaban J connectivity index is 2.40. The molecule has 0 aromatic heterocycles. The van der Waals surface area contributed by atoms with Crippen LogP contribution in [-0.2, 0) is 4.79 Å². The summed E-state index contributed by atoms with van der Waals surface area (Å²) in [5.41, 5.74) is 0. The predicted molar refractivity (Wildman–Crippen MR) is 68.7 cm³/mol. The number of aliphatic hydroxyl groups excluding tert-OH is 1. The molecule has 0 aromatic carbocycles. The summed E-state index contributed by atoms with van der Waals surface area (Å²) >= 11 is 0. The Labute approximate surface area is 104 Å². The van der Waals surface area contributed by atoms with E-state index in [2.05, 4.69) is 17.6 Å². The molecule has 0 radical (unpaired) electrons. The van der Waals surface area contributed by atoms with E-state index in [9.17, 15) is 4.79 Å². The van der Waals surface area contributed by atoms with Crippen LogP contribution in [0.4, 0.5) is 0 Å². The highest BCUT2D eigenvalue weighted by atomic mass is 16.3. The molecule has 0 aliphatic carbocycles. The number of rotatable bonds is 6. The van der Waals surface area contributed by atoms with Gasteiger partial charge in [-0.1, -0.05) is 20.3 Å². The van der Waals surface area contributed by atoms with Crippen LogP contribution in [0.15, 0.2) is 0 Å². The van der Waals surface area contributed by atoms with E-state index in [4.69, 9.17) is 5.11 Å². The molecule has 4 heteroatoms. The summed E-state index contributed by atoms with van der Waals surface area (Å²) in [5, 5.41) is 15.2. The second-order valence-electron chi connectivity index (χ2n) is 4.93. The van der Waals surface area contributed by atoms with Crippen LogP contribution in [0.5, 0.6) is 0 Å². The molecule has 3 N–H and O–H groups in total. The maximum absolute atomic E-state index is 12.0. The molecule has 1 rings (SSSR count). The van der Waals surface area contributed by atoms with Crippen LogP contribution in [0.1, 0.15) is 46.0 Å². The minimum Gasteiger partial charge on any atom is -0.396 e. The molecular weight excluding hydrogens is 216 g/mol. The molecule has 0 aromatic rings. The summed E-state index contributed by atoms with van der Waals surface area (Å²) in [4.78, 5) is 12.0. The second kappa shape index (κ2) is 7.67. The fourth-order valence-electron chi connectivity index (χ4n) is 2.40. The number of nitrogens with one attached hydrogen (secondary N) is 2. The van der Waals surface area contributed by atoms with Crippen molar-refractivity contribution >= 4 is 5.91 Å². The third kappa shape index (κ3) is 4.64. The molecule has 1 amide bonds. The largest absolute Gasteiger partial charge is 0.396 e. The van der Waals surface area contributed by atoms with Crippen molar-refractivity contribution in [3.05, 3.63) is 0 Å². The lowest BCUT2D eigenvalue weighted by molar-refractivity contribution is -0.124. The van der Waals surface area contributed by atoms with Crippen molar-refractivity contribution in [2.24, 2.45) is 5.92 Å². The zero-order chi connectivity index (χ0) is 12.7. The Morgan fingerprint density at radius 1 is 1.53 bits per heavy atom. The Morgan fingerprint density at radius 3 is 2.88 bits per heavy atom. The average molecular weight is 242 g/mol. The van der Waals surface area contributed by atoms with Crippen LogP contribution in [-0.4, -0.2) is 36.2 Å². The topological polar surface area (TPSA) is 61.4 Å². The third-order valence-corrected chi connectivity index (χ3v) is 3.72. The molecule has 100 valence electrons. The quantitative estimate of drug-likeness (QED) is 0.652. The maximum atomic E-state index is 12.0. The number of hydrogen-bond donors (Lipinski definition) is 3. The van der Waals surface area contributed by atoms with Gasteiger partial charge >= 0.3 is 0 Å². The third-order valence-electron chi connectivity index (χ3n) is 3.72. The summed E-state index contributed by atoms with van der Waals surface area (Å²) in [7, 11) is 0. The first-order valence-corrected chi connectivity index (χ1v) is 6.85.